The van der Waals surface area contributed by atoms with Crippen LogP contribution < -0.4 is 10.0 Å². The van der Waals surface area contributed by atoms with Crippen LogP contribution in [0.15, 0.2) is 48.1 Å². The van der Waals surface area contributed by atoms with Crippen LogP contribution in [0, 0.1) is 0 Å². The van der Waals surface area contributed by atoms with Crippen LogP contribution in [0.4, 0.5) is 0 Å². The van der Waals surface area contributed by atoms with Crippen LogP contribution in [0.1, 0.15) is 42.5 Å². The Balaban J connectivity index is 2.08. The molecule has 26 heavy (non-hydrogen) atoms. The fraction of sp³-hybridized carbons (Fsp3) is 0.353. The maximum atomic E-state index is 12.4. The molecule has 1 aromatic carbocycles. The summed E-state index contributed by atoms with van der Waals surface area (Å²) in [5.74, 6) is 0.361. The van der Waals surface area contributed by atoms with Crippen molar-refractivity contribution in [1.29, 1.82) is 0 Å². The normalized spacial score (nSPS) is 12.5. The molecule has 0 saturated carbocycles. The molecule has 0 spiro atoms. The van der Waals surface area contributed by atoms with Crippen LogP contribution in [-0.4, -0.2) is 35.6 Å². The second-order valence-electron chi connectivity index (χ2n) is 5.70. The first-order valence-corrected chi connectivity index (χ1v) is 9.76. The highest BCUT2D eigenvalue weighted by molar-refractivity contribution is 7.89. The SMILES string of the molecule is C=CCNS(=O)(=O)c1ccc(C(=O)N[C@@H](C)c2ncnn2CCC)cc1. The number of rotatable bonds is 9. The number of benzene rings is 1. The van der Waals surface area contributed by atoms with Gasteiger partial charge in [0.1, 0.15) is 12.2 Å². The van der Waals surface area contributed by atoms with E-state index in [9.17, 15) is 13.2 Å². The predicted molar refractivity (Wildman–Crippen MR) is 98.0 cm³/mol. The molecule has 0 aliphatic carbocycles. The van der Waals surface area contributed by atoms with Gasteiger partial charge >= 0.3 is 0 Å². The third-order valence-corrected chi connectivity index (χ3v) is 5.10. The number of sulfonamides is 1. The second kappa shape index (κ2) is 8.72. The molecule has 1 atom stereocenters. The molecule has 8 nitrogen and oxygen atoms in total. The minimum Gasteiger partial charge on any atom is -0.342 e. The molecule has 1 heterocycles. The van der Waals surface area contributed by atoms with Crippen LogP contribution in [0.5, 0.6) is 0 Å². The van der Waals surface area contributed by atoms with Crippen molar-refractivity contribution in [3.8, 4) is 0 Å². The first kappa shape index (κ1) is 19.8. The summed E-state index contributed by atoms with van der Waals surface area (Å²) in [7, 11) is -3.61. The number of aryl methyl sites for hydroxylation is 1. The van der Waals surface area contributed by atoms with E-state index in [1.54, 1.807) is 4.68 Å². The number of hydrogen-bond acceptors (Lipinski definition) is 5. The minimum atomic E-state index is -3.61. The first-order valence-electron chi connectivity index (χ1n) is 8.28. The van der Waals surface area contributed by atoms with E-state index >= 15 is 0 Å². The van der Waals surface area contributed by atoms with Crippen LogP contribution in [0.3, 0.4) is 0 Å². The molecule has 2 aromatic rings. The van der Waals surface area contributed by atoms with E-state index in [-0.39, 0.29) is 23.4 Å². The summed E-state index contributed by atoms with van der Waals surface area (Å²) in [5, 5.41) is 6.99. The highest BCUT2D eigenvalue weighted by Gasteiger charge is 2.18. The molecule has 0 fully saturated rings. The Kier molecular flexibility index (Phi) is 6.64. The molecule has 2 rings (SSSR count). The molecular weight excluding hydrogens is 354 g/mol. The summed E-state index contributed by atoms with van der Waals surface area (Å²) in [4.78, 5) is 16.7. The van der Waals surface area contributed by atoms with Gasteiger partial charge in [-0.2, -0.15) is 5.10 Å². The summed E-state index contributed by atoms with van der Waals surface area (Å²) in [6, 6.07) is 5.41. The topological polar surface area (TPSA) is 106 Å². The third kappa shape index (κ3) is 4.77. The summed E-state index contributed by atoms with van der Waals surface area (Å²) in [5.41, 5.74) is 0.362. The van der Waals surface area contributed by atoms with E-state index in [2.05, 4.69) is 26.7 Å². The highest BCUT2D eigenvalue weighted by Crippen LogP contribution is 2.13. The Morgan fingerprint density at radius 1 is 1.35 bits per heavy atom. The number of aromatic nitrogens is 3. The molecule has 0 saturated heterocycles. The van der Waals surface area contributed by atoms with Crippen molar-refractivity contribution in [2.24, 2.45) is 0 Å². The molecule has 0 radical (unpaired) electrons. The van der Waals surface area contributed by atoms with Gasteiger partial charge in [0.15, 0.2) is 0 Å². The molecule has 140 valence electrons. The molecule has 0 aliphatic rings. The number of nitrogens with one attached hydrogen (secondary N) is 2. The Hall–Kier alpha value is -2.52. The average Bonchev–Trinajstić information content (AvgIpc) is 3.09. The third-order valence-electron chi connectivity index (χ3n) is 3.66. The molecule has 2 N–H and O–H groups in total. The quantitative estimate of drug-likeness (QED) is 0.646. The fourth-order valence-electron chi connectivity index (χ4n) is 2.37. The van der Waals surface area contributed by atoms with Crippen molar-refractivity contribution in [3.63, 3.8) is 0 Å². The van der Waals surface area contributed by atoms with Crippen molar-refractivity contribution in [2.45, 2.75) is 37.8 Å². The lowest BCUT2D eigenvalue weighted by Crippen LogP contribution is -2.29. The van der Waals surface area contributed by atoms with Crippen molar-refractivity contribution >= 4 is 15.9 Å². The molecule has 9 heteroatoms. The van der Waals surface area contributed by atoms with Gasteiger partial charge in [0.05, 0.1) is 10.9 Å². The van der Waals surface area contributed by atoms with E-state index < -0.39 is 10.0 Å². The van der Waals surface area contributed by atoms with E-state index in [0.29, 0.717) is 11.4 Å². The van der Waals surface area contributed by atoms with Gasteiger partial charge in [-0.15, -0.1) is 6.58 Å². The summed E-state index contributed by atoms with van der Waals surface area (Å²) in [6.45, 7) is 8.19. The molecule has 1 amide bonds. The summed E-state index contributed by atoms with van der Waals surface area (Å²) in [6.07, 6.45) is 3.83. The van der Waals surface area contributed by atoms with Crippen LogP contribution in [-0.2, 0) is 16.6 Å². The zero-order chi connectivity index (χ0) is 19.2. The smallest absolute Gasteiger partial charge is 0.251 e. The van der Waals surface area contributed by atoms with Crippen molar-refractivity contribution < 1.29 is 13.2 Å². The van der Waals surface area contributed by atoms with E-state index in [4.69, 9.17) is 0 Å². The van der Waals surface area contributed by atoms with Crippen molar-refractivity contribution in [3.05, 3.63) is 54.6 Å². The van der Waals surface area contributed by atoms with Gasteiger partial charge in [-0.05, 0) is 37.6 Å². The van der Waals surface area contributed by atoms with Gasteiger partial charge in [0.25, 0.3) is 5.91 Å². The Labute approximate surface area is 153 Å². The Morgan fingerprint density at radius 3 is 2.65 bits per heavy atom. The summed E-state index contributed by atoms with van der Waals surface area (Å²) < 4.78 is 28.2. The van der Waals surface area contributed by atoms with E-state index in [0.717, 1.165) is 13.0 Å². The predicted octanol–water partition coefficient (Wildman–Crippen LogP) is 1.64. The zero-order valence-corrected chi connectivity index (χ0v) is 15.7. The number of amides is 1. The van der Waals surface area contributed by atoms with Gasteiger partial charge in [-0.25, -0.2) is 22.8 Å². The largest absolute Gasteiger partial charge is 0.342 e. The number of carbonyl (C=O) groups excluding carboxylic acids is 1. The Morgan fingerprint density at radius 2 is 2.04 bits per heavy atom. The Bertz CT molecular complexity index is 859. The lowest BCUT2D eigenvalue weighted by Gasteiger charge is -2.14. The van der Waals surface area contributed by atoms with E-state index in [1.165, 1.54) is 36.7 Å². The number of carbonyl (C=O) groups is 1. The lowest BCUT2D eigenvalue weighted by atomic mass is 10.2. The second-order valence-corrected chi connectivity index (χ2v) is 7.47. The number of nitrogens with zero attached hydrogens (tertiary/aromatic N) is 3. The standard InChI is InChI=1S/C17H23N5O3S/c1-4-10-20-26(24,25)15-8-6-14(7-9-15)17(23)21-13(3)16-18-12-19-22(16)11-5-2/h4,6-9,12-13,20H,1,5,10-11H2,2-3H3,(H,21,23)/t13-/m0/s1. The summed E-state index contributed by atoms with van der Waals surface area (Å²) >= 11 is 0. The molecule has 0 aliphatic heterocycles. The maximum absolute atomic E-state index is 12.4. The van der Waals surface area contributed by atoms with Crippen molar-refractivity contribution in [2.75, 3.05) is 6.54 Å². The fourth-order valence-corrected chi connectivity index (χ4v) is 3.37. The van der Waals surface area contributed by atoms with Crippen LogP contribution in [0.2, 0.25) is 0 Å². The van der Waals surface area contributed by atoms with Crippen molar-refractivity contribution in [1.82, 2.24) is 24.8 Å². The van der Waals surface area contributed by atoms with Crippen LogP contribution >= 0.6 is 0 Å². The monoisotopic (exact) mass is 377 g/mol. The van der Waals surface area contributed by atoms with Gasteiger partial charge in [0, 0.05) is 18.7 Å². The van der Waals surface area contributed by atoms with Gasteiger partial charge < -0.3 is 5.32 Å². The highest BCUT2D eigenvalue weighted by atomic mass is 32.2. The van der Waals surface area contributed by atoms with Crippen LogP contribution in [0.25, 0.3) is 0 Å². The molecule has 0 unspecified atom stereocenters. The maximum Gasteiger partial charge on any atom is 0.251 e. The minimum absolute atomic E-state index is 0.0895. The van der Waals surface area contributed by atoms with Gasteiger partial charge in [-0.1, -0.05) is 13.0 Å². The van der Waals surface area contributed by atoms with Gasteiger partial charge in [-0.3, -0.25) is 4.79 Å². The zero-order valence-electron chi connectivity index (χ0n) is 14.8. The first-order chi connectivity index (χ1) is 12.4. The molecule has 0 bridgehead atoms. The lowest BCUT2D eigenvalue weighted by molar-refractivity contribution is 0.0937. The average molecular weight is 377 g/mol. The number of hydrogen-bond donors (Lipinski definition) is 2. The molecule has 1 aromatic heterocycles. The van der Waals surface area contributed by atoms with E-state index in [1.807, 2.05) is 13.8 Å². The van der Waals surface area contributed by atoms with Gasteiger partial charge in [0.2, 0.25) is 10.0 Å². The molecular formula is C17H23N5O3S.